The summed E-state index contributed by atoms with van der Waals surface area (Å²) >= 11 is 0. The molecule has 0 N–H and O–H groups in total. The number of carbonyl (C=O) groups excluding carboxylic acids is 1. The van der Waals surface area contributed by atoms with E-state index >= 15 is 0 Å². The number of hydrogen-bond donors (Lipinski definition) is 0. The number of hydrogen-bond acceptors (Lipinski definition) is 4. The van der Waals surface area contributed by atoms with Crippen molar-refractivity contribution < 1.29 is 9.21 Å². The van der Waals surface area contributed by atoms with Crippen LogP contribution in [0, 0.1) is 0 Å². The topological polar surface area (TPSA) is 46.3 Å². The molecule has 1 aliphatic rings. The SMILES string of the molecule is CC(=O)Cc1cnc(C2CCN(C)C2)o1. The third-order valence-electron chi connectivity index (χ3n) is 2.74. The zero-order valence-corrected chi connectivity index (χ0v) is 9.19. The Bertz CT molecular complexity index is 359. The minimum atomic E-state index is 0.112. The van der Waals surface area contributed by atoms with E-state index in [1.54, 1.807) is 13.1 Å². The fourth-order valence-corrected chi connectivity index (χ4v) is 1.98. The Morgan fingerprint density at radius 1 is 1.73 bits per heavy atom. The maximum atomic E-state index is 10.9. The summed E-state index contributed by atoms with van der Waals surface area (Å²) in [5, 5.41) is 0. The van der Waals surface area contributed by atoms with E-state index in [1.807, 2.05) is 0 Å². The second kappa shape index (κ2) is 4.14. The van der Waals surface area contributed by atoms with E-state index in [1.165, 1.54) is 0 Å². The molecule has 0 saturated carbocycles. The molecule has 1 fully saturated rings. The van der Waals surface area contributed by atoms with Gasteiger partial charge in [0.1, 0.15) is 11.5 Å². The van der Waals surface area contributed by atoms with Gasteiger partial charge in [0.2, 0.25) is 0 Å². The lowest BCUT2D eigenvalue weighted by atomic mass is 10.1. The third-order valence-corrected chi connectivity index (χ3v) is 2.74. The molecule has 82 valence electrons. The van der Waals surface area contributed by atoms with Crippen LogP contribution in [0.2, 0.25) is 0 Å². The highest BCUT2D eigenvalue weighted by molar-refractivity contribution is 5.77. The van der Waals surface area contributed by atoms with Gasteiger partial charge in [-0.2, -0.15) is 0 Å². The summed E-state index contributed by atoms with van der Waals surface area (Å²) in [5.74, 6) is 1.99. The van der Waals surface area contributed by atoms with E-state index in [4.69, 9.17) is 4.42 Å². The monoisotopic (exact) mass is 208 g/mol. The molecule has 15 heavy (non-hydrogen) atoms. The molecule has 0 aromatic carbocycles. The first-order chi connectivity index (χ1) is 7.15. The highest BCUT2D eigenvalue weighted by atomic mass is 16.4. The molecule has 1 aromatic heterocycles. The Hall–Kier alpha value is -1.16. The predicted molar refractivity (Wildman–Crippen MR) is 55.7 cm³/mol. The number of nitrogens with zero attached hydrogens (tertiary/aromatic N) is 2. The molecule has 0 bridgehead atoms. The molecule has 4 heteroatoms. The van der Waals surface area contributed by atoms with Gasteiger partial charge in [-0.05, 0) is 26.9 Å². The second-order valence-electron chi connectivity index (χ2n) is 4.29. The van der Waals surface area contributed by atoms with Gasteiger partial charge in [0.25, 0.3) is 0 Å². The van der Waals surface area contributed by atoms with E-state index < -0.39 is 0 Å². The number of carbonyl (C=O) groups is 1. The summed E-state index contributed by atoms with van der Waals surface area (Å²) in [6.07, 6.45) is 3.13. The van der Waals surface area contributed by atoms with Crippen LogP contribution in [0.4, 0.5) is 0 Å². The molecular weight excluding hydrogens is 192 g/mol. The van der Waals surface area contributed by atoms with Crippen molar-refractivity contribution in [1.29, 1.82) is 0 Å². The highest BCUT2D eigenvalue weighted by Crippen LogP contribution is 2.25. The first-order valence-corrected chi connectivity index (χ1v) is 5.27. The van der Waals surface area contributed by atoms with E-state index in [0.717, 1.165) is 25.4 Å². The van der Waals surface area contributed by atoms with Crippen molar-refractivity contribution in [3.05, 3.63) is 17.8 Å². The van der Waals surface area contributed by atoms with Gasteiger partial charge in [-0.15, -0.1) is 0 Å². The average molecular weight is 208 g/mol. The fraction of sp³-hybridized carbons (Fsp3) is 0.636. The number of Topliss-reactive ketones (excluding diaryl/α,β-unsaturated/α-hetero) is 1. The van der Waals surface area contributed by atoms with Gasteiger partial charge in [-0.1, -0.05) is 0 Å². The Balaban J connectivity index is 2.03. The van der Waals surface area contributed by atoms with Crippen molar-refractivity contribution in [3.63, 3.8) is 0 Å². The second-order valence-corrected chi connectivity index (χ2v) is 4.29. The number of rotatable bonds is 3. The van der Waals surface area contributed by atoms with Crippen molar-refractivity contribution in [1.82, 2.24) is 9.88 Å². The number of likely N-dealkylation sites (N-methyl/N-ethyl adjacent to an activating group) is 1. The Morgan fingerprint density at radius 2 is 2.53 bits per heavy atom. The van der Waals surface area contributed by atoms with Crippen LogP contribution in [-0.2, 0) is 11.2 Å². The van der Waals surface area contributed by atoms with Gasteiger partial charge in [0.15, 0.2) is 5.89 Å². The van der Waals surface area contributed by atoms with Gasteiger partial charge in [-0.25, -0.2) is 4.98 Å². The number of aromatic nitrogens is 1. The summed E-state index contributed by atoms with van der Waals surface area (Å²) in [4.78, 5) is 17.4. The summed E-state index contributed by atoms with van der Waals surface area (Å²) in [5.41, 5.74) is 0. The van der Waals surface area contributed by atoms with Gasteiger partial charge in [0, 0.05) is 12.5 Å². The lowest BCUT2D eigenvalue weighted by Gasteiger charge is -2.05. The van der Waals surface area contributed by atoms with Crippen molar-refractivity contribution in [2.24, 2.45) is 0 Å². The van der Waals surface area contributed by atoms with Crippen molar-refractivity contribution in [2.75, 3.05) is 20.1 Å². The molecule has 1 unspecified atom stereocenters. The zero-order valence-electron chi connectivity index (χ0n) is 9.19. The zero-order chi connectivity index (χ0) is 10.8. The quantitative estimate of drug-likeness (QED) is 0.749. The van der Waals surface area contributed by atoms with E-state index in [2.05, 4.69) is 16.9 Å². The van der Waals surface area contributed by atoms with Crippen LogP contribution in [-0.4, -0.2) is 35.8 Å². The Labute approximate surface area is 89.3 Å². The van der Waals surface area contributed by atoms with Crippen molar-refractivity contribution in [2.45, 2.75) is 25.7 Å². The summed E-state index contributed by atoms with van der Waals surface area (Å²) < 4.78 is 5.57. The number of oxazole rings is 1. The Kier molecular flexibility index (Phi) is 2.86. The van der Waals surface area contributed by atoms with Gasteiger partial charge >= 0.3 is 0 Å². The van der Waals surface area contributed by atoms with Crippen LogP contribution in [0.5, 0.6) is 0 Å². The summed E-state index contributed by atoms with van der Waals surface area (Å²) in [7, 11) is 2.10. The largest absolute Gasteiger partial charge is 0.445 e. The molecular formula is C11H16N2O2. The normalized spacial score (nSPS) is 22.1. The summed E-state index contributed by atoms with van der Waals surface area (Å²) in [6.45, 7) is 3.65. The minimum absolute atomic E-state index is 0.112. The van der Waals surface area contributed by atoms with E-state index in [0.29, 0.717) is 18.1 Å². The lowest BCUT2D eigenvalue weighted by Crippen LogP contribution is -2.13. The van der Waals surface area contributed by atoms with Gasteiger partial charge in [0.05, 0.1) is 12.6 Å². The van der Waals surface area contributed by atoms with E-state index in [9.17, 15) is 4.79 Å². The smallest absolute Gasteiger partial charge is 0.198 e. The molecule has 4 nitrogen and oxygen atoms in total. The average Bonchev–Trinajstić information content (AvgIpc) is 2.72. The van der Waals surface area contributed by atoms with Gasteiger partial charge < -0.3 is 9.32 Å². The highest BCUT2D eigenvalue weighted by Gasteiger charge is 2.25. The molecule has 1 aliphatic heterocycles. The molecule has 2 rings (SSSR count). The first kappa shape index (κ1) is 10.4. The molecule has 0 amide bonds. The standard InChI is InChI=1S/C11H16N2O2/c1-8(14)5-10-6-12-11(15-10)9-3-4-13(2)7-9/h6,9H,3-5,7H2,1-2H3. The molecule has 0 spiro atoms. The van der Waals surface area contributed by atoms with Crippen LogP contribution in [0.15, 0.2) is 10.6 Å². The summed E-state index contributed by atoms with van der Waals surface area (Å²) in [6, 6.07) is 0. The maximum Gasteiger partial charge on any atom is 0.198 e. The molecule has 1 aromatic rings. The minimum Gasteiger partial charge on any atom is -0.445 e. The molecule has 0 aliphatic carbocycles. The maximum absolute atomic E-state index is 10.9. The number of ketones is 1. The molecule has 1 atom stereocenters. The van der Waals surface area contributed by atoms with Crippen LogP contribution in [0.3, 0.4) is 0 Å². The fourth-order valence-electron chi connectivity index (χ4n) is 1.98. The van der Waals surface area contributed by atoms with Crippen LogP contribution < -0.4 is 0 Å². The third kappa shape index (κ3) is 2.45. The van der Waals surface area contributed by atoms with Crippen LogP contribution >= 0.6 is 0 Å². The van der Waals surface area contributed by atoms with Crippen molar-refractivity contribution >= 4 is 5.78 Å². The van der Waals surface area contributed by atoms with E-state index in [-0.39, 0.29) is 5.78 Å². The Morgan fingerprint density at radius 3 is 3.13 bits per heavy atom. The lowest BCUT2D eigenvalue weighted by molar-refractivity contribution is -0.116. The van der Waals surface area contributed by atoms with Crippen molar-refractivity contribution in [3.8, 4) is 0 Å². The molecule has 2 heterocycles. The first-order valence-electron chi connectivity index (χ1n) is 5.27. The van der Waals surface area contributed by atoms with Crippen LogP contribution in [0.25, 0.3) is 0 Å². The molecule has 1 saturated heterocycles. The number of likely N-dealkylation sites (tertiary alicyclic amines) is 1. The predicted octanol–water partition coefficient (Wildman–Crippen LogP) is 1.23. The molecule has 0 radical (unpaired) electrons. The van der Waals surface area contributed by atoms with Gasteiger partial charge in [-0.3, -0.25) is 4.79 Å². The van der Waals surface area contributed by atoms with Crippen LogP contribution in [0.1, 0.15) is 30.9 Å².